The van der Waals surface area contributed by atoms with E-state index in [0.717, 1.165) is 25.7 Å². The van der Waals surface area contributed by atoms with Crippen LogP contribution in [0.4, 0.5) is 4.79 Å². The molecule has 6 heteroatoms. The monoisotopic (exact) mass is 290 g/mol. The van der Waals surface area contributed by atoms with Gasteiger partial charge in [-0.3, -0.25) is 4.21 Å². The minimum atomic E-state index is -0.962. The van der Waals surface area contributed by atoms with Crippen molar-refractivity contribution in [2.45, 2.75) is 56.7 Å². The quantitative estimate of drug-likeness (QED) is 0.710. The van der Waals surface area contributed by atoms with Gasteiger partial charge in [0.25, 0.3) is 0 Å². The molecule has 19 heavy (non-hydrogen) atoms. The predicted octanol–water partition coefficient (Wildman–Crippen LogP) is 1.14. The fraction of sp³-hybridized carbons (Fsp3) is 0.923. The zero-order chi connectivity index (χ0) is 14.5. The van der Waals surface area contributed by atoms with Gasteiger partial charge in [-0.15, -0.1) is 0 Å². The van der Waals surface area contributed by atoms with Gasteiger partial charge in [-0.25, -0.2) is 4.79 Å². The molecule has 0 aromatic carbocycles. The van der Waals surface area contributed by atoms with Gasteiger partial charge in [-0.1, -0.05) is 12.8 Å². The Bertz CT molecular complexity index is 333. The first-order chi connectivity index (χ1) is 8.79. The number of hydrogen-bond donors (Lipinski definition) is 3. The summed E-state index contributed by atoms with van der Waals surface area (Å²) in [7, 11) is -0.962. The van der Waals surface area contributed by atoms with Crippen molar-refractivity contribution in [2.75, 3.05) is 18.9 Å². The van der Waals surface area contributed by atoms with E-state index in [9.17, 15) is 14.1 Å². The van der Waals surface area contributed by atoms with Crippen LogP contribution >= 0.6 is 0 Å². The topological polar surface area (TPSA) is 78.4 Å². The van der Waals surface area contributed by atoms with Crippen molar-refractivity contribution < 1.29 is 14.1 Å². The summed E-state index contributed by atoms with van der Waals surface area (Å²) < 4.78 is 11.6. The number of carbonyl (C=O) groups excluding carboxylic acids is 1. The highest BCUT2D eigenvalue weighted by molar-refractivity contribution is 7.86. The summed E-state index contributed by atoms with van der Waals surface area (Å²) in [6.45, 7) is 6.12. The molecule has 0 heterocycles. The molecule has 3 N–H and O–H groups in total. The SMILES string of the molecule is CC(C)(C)S(=O)CCNC(=O)NC1(CO)CCCC1. The van der Waals surface area contributed by atoms with Crippen molar-refractivity contribution in [3.63, 3.8) is 0 Å². The van der Waals surface area contributed by atoms with Gasteiger partial charge in [0.15, 0.2) is 0 Å². The molecule has 1 saturated carbocycles. The number of rotatable bonds is 5. The first kappa shape index (κ1) is 16.4. The van der Waals surface area contributed by atoms with Gasteiger partial charge in [-0.05, 0) is 33.6 Å². The van der Waals surface area contributed by atoms with Crippen LogP contribution in [0, 0.1) is 0 Å². The predicted molar refractivity (Wildman–Crippen MR) is 77.6 cm³/mol. The first-order valence-electron chi connectivity index (χ1n) is 6.84. The molecular formula is C13H26N2O3S. The molecule has 0 bridgehead atoms. The van der Waals surface area contributed by atoms with E-state index >= 15 is 0 Å². The molecule has 112 valence electrons. The molecule has 0 spiro atoms. The number of urea groups is 1. The van der Waals surface area contributed by atoms with Gasteiger partial charge in [0.05, 0.1) is 12.1 Å². The van der Waals surface area contributed by atoms with Crippen molar-refractivity contribution in [2.24, 2.45) is 0 Å². The van der Waals surface area contributed by atoms with E-state index in [1.54, 1.807) is 0 Å². The van der Waals surface area contributed by atoms with Gasteiger partial charge in [0.2, 0.25) is 0 Å². The number of nitrogens with one attached hydrogen (secondary N) is 2. The number of hydrogen-bond acceptors (Lipinski definition) is 3. The molecule has 0 aromatic heterocycles. The smallest absolute Gasteiger partial charge is 0.315 e. The maximum atomic E-state index is 11.8. The Hall–Kier alpha value is -0.620. The summed E-state index contributed by atoms with van der Waals surface area (Å²) in [6, 6.07) is -0.276. The van der Waals surface area contributed by atoms with Crippen LogP contribution in [0.25, 0.3) is 0 Å². The van der Waals surface area contributed by atoms with Crippen molar-refractivity contribution in [3.8, 4) is 0 Å². The summed E-state index contributed by atoms with van der Waals surface area (Å²) in [5.74, 6) is 0.447. The molecular weight excluding hydrogens is 264 g/mol. The standard InChI is InChI=1S/C13H26N2O3S/c1-12(2,3)19(18)9-8-14-11(17)15-13(10-16)6-4-5-7-13/h16H,4-10H2,1-3H3,(H2,14,15,17). The summed E-state index contributed by atoms with van der Waals surface area (Å²) in [5.41, 5.74) is -0.451. The fourth-order valence-corrected chi connectivity index (χ4v) is 3.12. The average Bonchev–Trinajstić information content (AvgIpc) is 2.76. The zero-order valence-electron chi connectivity index (χ0n) is 12.1. The molecule has 0 aliphatic heterocycles. The van der Waals surface area contributed by atoms with Crippen molar-refractivity contribution in [3.05, 3.63) is 0 Å². The van der Waals surface area contributed by atoms with E-state index in [1.807, 2.05) is 20.8 Å². The lowest BCUT2D eigenvalue weighted by molar-refractivity contribution is 0.163. The molecule has 0 saturated heterocycles. The minimum Gasteiger partial charge on any atom is -0.394 e. The zero-order valence-corrected chi connectivity index (χ0v) is 12.9. The lowest BCUT2D eigenvalue weighted by Gasteiger charge is -2.28. The minimum absolute atomic E-state index is 0.0195. The van der Waals surface area contributed by atoms with Crippen molar-refractivity contribution in [1.29, 1.82) is 0 Å². The lowest BCUT2D eigenvalue weighted by Crippen LogP contribution is -2.53. The summed E-state index contributed by atoms with van der Waals surface area (Å²) in [4.78, 5) is 11.8. The number of aliphatic hydroxyl groups is 1. The van der Waals surface area contributed by atoms with E-state index in [0.29, 0.717) is 12.3 Å². The third kappa shape index (κ3) is 5.10. The normalized spacial score (nSPS) is 20.0. The Balaban J connectivity index is 2.30. The summed E-state index contributed by atoms with van der Waals surface area (Å²) in [6.07, 6.45) is 3.72. The summed E-state index contributed by atoms with van der Waals surface area (Å²) in [5, 5.41) is 15.0. The van der Waals surface area contributed by atoms with Crippen LogP contribution in [0.2, 0.25) is 0 Å². The molecule has 1 aliphatic carbocycles. The third-order valence-corrected chi connectivity index (χ3v) is 5.44. The van der Waals surface area contributed by atoms with E-state index in [2.05, 4.69) is 10.6 Å². The highest BCUT2D eigenvalue weighted by atomic mass is 32.2. The second kappa shape index (κ2) is 6.70. The molecule has 1 aliphatic rings. The number of amides is 2. The third-order valence-electron chi connectivity index (χ3n) is 3.50. The fourth-order valence-electron chi connectivity index (χ4n) is 2.22. The summed E-state index contributed by atoms with van der Waals surface area (Å²) >= 11 is 0. The van der Waals surface area contributed by atoms with Crippen LogP contribution in [0.3, 0.4) is 0 Å². The Labute approximate surface area is 118 Å². The largest absolute Gasteiger partial charge is 0.394 e. The van der Waals surface area contributed by atoms with Crippen LogP contribution in [0.15, 0.2) is 0 Å². The average molecular weight is 290 g/mol. The van der Waals surface area contributed by atoms with Gasteiger partial charge in [0, 0.05) is 27.8 Å². The molecule has 1 atom stereocenters. The number of carbonyl (C=O) groups is 1. The molecule has 0 aromatic rings. The highest BCUT2D eigenvalue weighted by Crippen LogP contribution is 2.28. The highest BCUT2D eigenvalue weighted by Gasteiger charge is 2.34. The van der Waals surface area contributed by atoms with Gasteiger partial charge in [-0.2, -0.15) is 0 Å². The second-order valence-electron chi connectivity index (χ2n) is 6.19. The molecule has 0 radical (unpaired) electrons. The van der Waals surface area contributed by atoms with Crippen LogP contribution < -0.4 is 10.6 Å². The molecule has 1 rings (SSSR count). The molecule has 1 fully saturated rings. The Kier molecular flexibility index (Phi) is 5.80. The van der Waals surface area contributed by atoms with Gasteiger partial charge in [0.1, 0.15) is 0 Å². The lowest BCUT2D eigenvalue weighted by atomic mass is 9.99. The molecule has 1 unspecified atom stereocenters. The Morgan fingerprint density at radius 1 is 1.32 bits per heavy atom. The van der Waals surface area contributed by atoms with Gasteiger partial charge >= 0.3 is 6.03 Å². The molecule has 5 nitrogen and oxygen atoms in total. The van der Waals surface area contributed by atoms with Crippen LogP contribution in [0.1, 0.15) is 46.5 Å². The maximum absolute atomic E-state index is 11.8. The van der Waals surface area contributed by atoms with E-state index in [1.165, 1.54) is 0 Å². The second-order valence-corrected chi connectivity index (χ2v) is 8.51. The van der Waals surface area contributed by atoms with Crippen LogP contribution in [0.5, 0.6) is 0 Å². The van der Waals surface area contributed by atoms with Gasteiger partial charge < -0.3 is 15.7 Å². The Morgan fingerprint density at radius 3 is 2.37 bits per heavy atom. The van der Waals surface area contributed by atoms with Crippen LogP contribution in [-0.4, -0.2) is 44.5 Å². The molecule has 2 amide bonds. The van der Waals surface area contributed by atoms with E-state index < -0.39 is 16.3 Å². The van der Waals surface area contributed by atoms with Crippen molar-refractivity contribution in [1.82, 2.24) is 10.6 Å². The van der Waals surface area contributed by atoms with Crippen molar-refractivity contribution >= 4 is 16.8 Å². The maximum Gasteiger partial charge on any atom is 0.315 e. The first-order valence-corrected chi connectivity index (χ1v) is 8.16. The Morgan fingerprint density at radius 2 is 1.89 bits per heavy atom. The van der Waals surface area contributed by atoms with E-state index in [-0.39, 0.29) is 17.4 Å². The number of aliphatic hydroxyl groups excluding tert-OH is 1. The van der Waals surface area contributed by atoms with E-state index in [4.69, 9.17) is 0 Å². The van der Waals surface area contributed by atoms with Crippen LogP contribution in [-0.2, 0) is 10.8 Å².